The summed E-state index contributed by atoms with van der Waals surface area (Å²) in [5.74, 6) is 0. The summed E-state index contributed by atoms with van der Waals surface area (Å²) in [6.07, 6.45) is 4.37. The molecule has 0 amide bonds. The van der Waals surface area contributed by atoms with Gasteiger partial charge in [0.2, 0.25) is 0 Å². The van der Waals surface area contributed by atoms with Crippen molar-refractivity contribution in [1.29, 1.82) is 0 Å². The van der Waals surface area contributed by atoms with Crippen LogP contribution >= 0.6 is 0 Å². The first kappa shape index (κ1) is 26.1. The number of hydrogen-bond acceptors (Lipinski definition) is 4. The first-order valence-corrected chi connectivity index (χ1v) is 18.8. The molecule has 0 N–H and O–H groups in total. The van der Waals surface area contributed by atoms with Crippen LogP contribution in [-0.2, 0) is 17.7 Å². The van der Waals surface area contributed by atoms with Crippen LogP contribution in [0.5, 0.6) is 0 Å². The molecule has 4 atom stereocenters. The van der Waals surface area contributed by atoms with Crippen LogP contribution in [-0.4, -0.2) is 54.9 Å². The van der Waals surface area contributed by atoms with Gasteiger partial charge in [-0.2, -0.15) is 0 Å². The molecule has 1 aromatic carbocycles. The van der Waals surface area contributed by atoms with Crippen LogP contribution in [0, 0.1) is 0 Å². The first-order chi connectivity index (χ1) is 15.6. The molecule has 186 valence electrons. The van der Waals surface area contributed by atoms with Gasteiger partial charge in [-0.25, -0.2) is 0 Å². The molecule has 7 heteroatoms. The molecule has 0 radical (unpaired) electrons. The Morgan fingerprint density at radius 3 is 1.91 bits per heavy atom. The van der Waals surface area contributed by atoms with E-state index in [1.807, 2.05) is 0 Å². The molecule has 2 saturated heterocycles. The van der Waals surface area contributed by atoms with Crippen molar-refractivity contribution < 1.29 is 17.7 Å². The predicted molar refractivity (Wildman–Crippen MR) is 141 cm³/mol. The van der Waals surface area contributed by atoms with Gasteiger partial charge in [0, 0.05) is 0 Å². The Hall–Kier alpha value is 0.0132. The maximum absolute atomic E-state index is 7.46. The normalized spacial score (nSPS) is 33.4. The summed E-state index contributed by atoms with van der Waals surface area (Å²) in [5, 5.41) is 0.229. The molecule has 0 bridgehead atoms. The van der Waals surface area contributed by atoms with Crippen LogP contribution in [0.1, 0.15) is 81.1 Å². The first-order valence-electron chi connectivity index (χ1n) is 13.0. The minimum absolute atomic E-state index is 0.0726. The number of ether oxygens (including phenoxy) is 1. The van der Waals surface area contributed by atoms with Gasteiger partial charge in [0.15, 0.2) is 0 Å². The van der Waals surface area contributed by atoms with E-state index in [1.165, 1.54) is 4.46 Å². The van der Waals surface area contributed by atoms with Crippen molar-refractivity contribution in [3.8, 4) is 0 Å². The van der Waals surface area contributed by atoms with Gasteiger partial charge < -0.3 is 0 Å². The molecule has 3 aliphatic rings. The summed E-state index contributed by atoms with van der Waals surface area (Å²) in [5.41, 5.74) is 1.14. The van der Waals surface area contributed by atoms with Crippen molar-refractivity contribution in [3.63, 3.8) is 0 Å². The summed E-state index contributed by atoms with van der Waals surface area (Å²) in [6.45, 7) is 18.5. The van der Waals surface area contributed by atoms with Gasteiger partial charge in [-0.3, -0.25) is 0 Å². The Morgan fingerprint density at radius 1 is 0.818 bits per heavy atom. The summed E-state index contributed by atoms with van der Waals surface area (Å²) in [7, 11) is -5.16. The number of benzene rings is 1. The van der Waals surface area contributed by atoms with E-state index < -0.39 is 17.1 Å². The van der Waals surface area contributed by atoms with E-state index in [0.717, 1.165) is 25.7 Å². The molecule has 0 aromatic heterocycles. The third kappa shape index (κ3) is 4.50. The van der Waals surface area contributed by atoms with Crippen LogP contribution in [0.3, 0.4) is 0 Å². The van der Waals surface area contributed by atoms with Gasteiger partial charge in [0.1, 0.15) is 0 Å². The zero-order valence-corrected chi connectivity index (χ0v) is 25.5. The van der Waals surface area contributed by atoms with Gasteiger partial charge in [-0.05, 0) is 0 Å². The van der Waals surface area contributed by atoms with Gasteiger partial charge in [-0.1, -0.05) is 0 Å². The van der Waals surface area contributed by atoms with E-state index in [1.54, 1.807) is 0 Å². The van der Waals surface area contributed by atoms with Crippen LogP contribution in [0.4, 0.5) is 0 Å². The average molecular weight is 556 g/mol. The van der Waals surface area contributed by atoms with E-state index in [9.17, 15) is 0 Å². The van der Waals surface area contributed by atoms with Gasteiger partial charge >= 0.3 is 211 Å². The topological polar surface area (TPSA) is 36.9 Å². The quantitative estimate of drug-likeness (QED) is 0.403. The fourth-order valence-corrected chi connectivity index (χ4v) is 20.1. The second kappa shape index (κ2) is 9.81. The molecule has 1 saturated carbocycles. The Morgan fingerprint density at radius 2 is 1.36 bits per heavy atom. The SMILES string of the molecule is CC(C)[Si]1(C(C)C)O[C@H]2CCC[C@]23OC([Se]c2ccccc2)C[C@@H]3O[Si](C(C)C)(C(C)C)O1. The molecule has 1 spiro atoms. The predicted octanol–water partition coefficient (Wildman–Crippen LogP) is 6.01. The Labute approximate surface area is 210 Å². The van der Waals surface area contributed by atoms with Crippen molar-refractivity contribution in [2.24, 2.45) is 0 Å². The van der Waals surface area contributed by atoms with E-state index in [2.05, 4.69) is 85.7 Å². The van der Waals surface area contributed by atoms with E-state index >= 15 is 0 Å². The molecule has 1 unspecified atom stereocenters. The molecule has 1 aromatic rings. The molecule has 4 nitrogen and oxygen atoms in total. The summed E-state index contributed by atoms with van der Waals surface area (Å²) in [4.78, 5) is 0. The number of rotatable bonds is 6. The zero-order valence-electron chi connectivity index (χ0n) is 21.8. The Kier molecular flexibility index (Phi) is 7.76. The summed E-state index contributed by atoms with van der Waals surface area (Å²) < 4.78 is 30.7. The summed E-state index contributed by atoms with van der Waals surface area (Å²) in [6, 6.07) is 10.9. The molecule has 4 rings (SSSR count). The number of hydrogen-bond donors (Lipinski definition) is 0. The minimum atomic E-state index is -2.59. The van der Waals surface area contributed by atoms with Crippen molar-refractivity contribution in [3.05, 3.63) is 30.3 Å². The van der Waals surface area contributed by atoms with Crippen LogP contribution in [0.2, 0.25) is 22.2 Å². The van der Waals surface area contributed by atoms with Crippen molar-refractivity contribution in [2.75, 3.05) is 0 Å². The van der Waals surface area contributed by atoms with Gasteiger partial charge in [0.25, 0.3) is 0 Å². The van der Waals surface area contributed by atoms with Gasteiger partial charge in [0.05, 0.1) is 0 Å². The van der Waals surface area contributed by atoms with E-state index in [4.69, 9.17) is 17.7 Å². The summed E-state index contributed by atoms with van der Waals surface area (Å²) >= 11 is 0.263. The zero-order chi connectivity index (χ0) is 24.0. The monoisotopic (exact) mass is 556 g/mol. The van der Waals surface area contributed by atoms with Crippen LogP contribution in [0.15, 0.2) is 30.3 Å². The molecule has 2 aliphatic heterocycles. The van der Waals surface area contributed by atoms with Crippen LogP contribution in [0.25, 0.3) is 0 Å². The molecule has 1 aliphatic carbocycles. The Bertz CT molecular complexity index is 787. The molecule has 33 heavy (non-hydrogen) atoms. The fraction of sp³-hybridized carbons (Fsp3) is 0.769. The van der Waals surface area contributed by atoms with E-state index in [0.29, 0.717) is 22.2 Å². The van der Waals surface area contributed by atoms with Gasteiger partial charge in [-0.15, -0.1) is 0 Å². The molecule has 2 heterocycles. The van der Waals surface area contributed by atoms with Crippen molar-refractivity contribution >= 4 is 36.5 Å². The third-order valence-electron chi connectivity index (χ3n) is 8.08. The standard InChI is InChI=1S/C26H44O4SeSi2/c1-18(2)32(19(3)4)28-23-15-12-16-26(23)24(29-33(30-32,20(5)6)21(7)8)17-25(27-26)31-22-13-10-9-11-14-22/h9-11,13-14,18-21,23-25H,12,15-17H2,1-8H3/t23-,24-,25?,26-/m0/s1. The van der Waals surface area contributed by atoms with Crippen molar-refractivity contribution in [2.45, 2.75) is 126 Å². The van der Waals surface area contributed by atoms with E-state index in [-0.39, 0.29) is 37.8 Å². The molecular weight excluding hydrogens is 511 g/mol. The second-order valence-electron chi connectivity index (χ2n) is 11.4. The second-order valence-corrected chi connectivity index (χ2v) is 22.8. The maximum atomic E-state index is 7.46. The van der Waals surface area contributed by atoms with Crippen LogP contribution < -0.4 is 4.46 Å². The Balaban J connectivity index is 1.77. The van der Waals surface area contributed by atoms with Crippen molar-refractivity contribution in [1.82, 2.24) is 0 Å². The third-order valence-corrected chi connectivity index (χ3v) is 20.7. The average Bonchev–Trinajstić information content (AvgIpc) is 3.28. The molecular formula is C26H44O4SeSi2. The molecule has 3 fully saturated rings. The fourth-order valence-electron chi connectivity index (χ4n) is 6.34.